The summed E-state index contributed by atoms with van der Waals surface area (Å²) in [6.07, 6.45) is 6.40. The van der Waals surface area contributed by atoms with Gasteiger partial charge in [-0.3, -0.25) is 9.89 Å². The minimum Gasteiger partial charge on any atom is -0.352 e. The molecule has 0 aliphatic heterocycles. The Balaban J connectivity index is 2.19. The monoisotopic (exact) mass is 179 g/mol. The number of allylic oxidation sites excluding steroid dienone is 1. The molecule has 0 saturated carbocycles. The number of aromatic nitrogens is 2. The van der Waals surface area contributed by atoms with Crippen LogP contribution in [-0.4, -0.2) is 16.1 Å². The van der Waals surface area contributed by atoms with Crippen molar-refractivity contribution < 1.29 is 4.79 Å². The average Bonchev–Trinajstić information content (AvgIpc) is 2.64. The molecule has 0 unspecified atom stereocenters. The van der Waals surface area contributed by atoms with E-state index in [-0.39, 0.29) is 5.91 Å². The van der Waals surface area contributed by atoms with Gasteiger partial charge >= 0.3 is 0 Å². The van der Waals surface area contributed by atoms with E-state index in [1.807, 2.05) is 0 Å². The first-order valence-corrected chi connectivity index (χ1v) is 4.18. The quantitative estimate of drug-likeness (QED) is 0.662. The highest BCUT2D eigenvalue weighted by molar-refractivity contribution is 5.75. The van der Waals surface area contributed by atoms with E-state index >= 15 is 0 Å². The van der Waals surface area contributed by atoms with E-state index in [2.05, 4.69) is 22.1 Å². The lowest BCUT2D eigenvalue weighted by Gasteiger charge is -2.00. The maximum absolute atomic E-state index is 11.1. The lowest BCUT2D eigenvalue weighted by atomic mass is 10.3. The number of hydrogen-bond donors (Lipinski definition) is 2. The normalized spacial score (nSPS) is 9.54. The highest BCUT2D eigenvalue weighted by atomic mass is 16.1. The molecular weight excluding hydrogens is 166 g/mol. The first kappa shape index (κ1) is 9.51. The molecular formula is C9H13N3O. The molecule has 70 valence electrons. The number of amides is 1. The number of nitrogens with one attached hydrogen (secondary N) is 2. The molecule has 1 aromatic heterocycles. The van der Waals surface area contributed by atoms with Gasteiger partial charge in [-0.1, -0.05) is 6.08 Å². The van der Waals surface area contributed by atoms with Crippen LogP contribution in [0.3, 0.4) is 0 Å². The fourth-order valence-corrected chi connectivity index (χ4v) is 0.896. The van der Waals surface area contributed by atoms with Crippen LogP contribution < -0.4 is 5.32 Å². The summed E-state index contributed by atoms with van der Waals surface area (Å²) in [7, 11) is 0. The molecule has 0 saturated heterocycles. The molecule has 4 heteroatoms. The summed E-state index contributed by atoms with van der Waals surface area (Å²) in [6.45, 7) is 4.08. The van der Waals surface area contributed by atoms with E-state index in [0.29, 0.717) is 13.0 Å². The Morgan fingerprint density at radius 1 is 1.77 bits per heavy atom. The number of hydrogen-bond acceptors (Lipinski definition) is 2. The molecule has 1 rings (SSSR count). The molecule has 0 aliphatic carbocycles. The fraction of sp³-hybridized carbons (Fsp3) is 0.333. The highest BCUT2D eigenvalue weighted by Crippen LogP contribution is 1.94. The van der Waals surface area contributed by atoms with Gasteiger partial charge in [-0.25, -0.2) is 0 Å². The van der Waals surface area contributed by atoms with Crippen LogP contribution in [0.25, 0.3) is 0 Å². The molecule has 0 bridgehead atoms. The zero-order chi connectivity index (χ0) is 9.52. The van der Waals surface area contributed by atoms with E-state index < -0.39 is 0 Å². The lowest BCUT2D eigenvalue weighted by molar-refractivity contribution is -0.121. The van der Waals surface area contributed by atoms with E-state index in [0.717, 1.165) is 12.0 Å². The minimum absolute atomic E-state index is 0.0427. The molecule has 0 aliphatic rings. The number of carbonyl (C=O) groups is 1. The van der Waals surface area contributed by atoms with Crippen LogP contribution >= 0.6 is 0 Å². The Bertz CT molecular complexity index is 266. The van der Waals surface area contributed by atoms with Crippen molar-refractivity contribution in [1.82, 2.24) is 15.5 Å². The third kappa shape index (κ3) is 3.55. The SMILES string of the molecule is C=CCCC(=O)NCc1cn[nH]c1. The molecule has 2 N–H and O–H groups in total. The number of nitrogens with zero attached hydrogens (tertiary/aromatic N) is 1. The summed E-state index contributed by atoms with van der Waals surface area (Å²) in [5.41, 5.74) is 0.979. The zero-order valence-electron chi connectivity index (χ0n) is 7.42. The van der Waals surface area contributed by atoms with Crippen LogP contribution in [0.2, 0.25) is 0 Å². The predicted molar refractivity (Wildman–Crippen MR) is 49.9 cm³/mol. The van der Waals surface area contributed by atoms with E-state index in [1.54, 1.807) is 18.5 Å². The van der Waals surface area contributed by atoms with Crippen molar-refractivity contribution in [3.63, 3.8) is 0 Å². The standard InChI is InChI=1S/C9H13N3O/c1-2-3-4-9(13)10-5-8-6-11-12-7-8/h2,6-7H,1,3-5H2,(H,10,13)(H,11,12). The van der Waals surface area contributed by atoms with Crippen LogP contribution in [-0.2, 0) is 11.3 Å². The van der Waals surface area contributed by atoms with E-state index in [4.69, 9.17) is 0 Å². The second-order valence-electron chi connectivity index (χ2n) is 2.71. The van der Waals surface area contributed by atoms with Gasteiger partial charge in [-0.15, -0.1) is 6.58 Å². The Labute approximate surface area is 77.0 Å². The summed E-state index contributed by atoms with van der Waals surface area (Å²) >= 11 is 0. The molecule has 0 radical (unpaired) electrons. The maximum atomic E-state index is 11.1. The van der Waals surface area contributed by atoms with Gasteiger partial charge in [0, 0.05) is 24.7 Å². The van der Waals surface area contributed by atoms with E-state index in [1.165, 1.54) is 0 Å². The lowest BCUT2D eigenvalue weighted by Crippen LogP contribution is -2.21. The molecule has 13 heavy (non-hydrogen) atoms. The van der Waals surface area contributed by atoms with Crippen molar-refractivity contribution in [3.8, 4) is 0 Å². The molecule has 0 aromatic carbocycles. The smallest absolute Gasteiger partial charge is 0.220 e. The van der Waals surface area contributed by atoms with Gasteiger partial charge < -0.3 is 5.32 Å². The van der Waals surface area contributed by atoms with Crippen LogP contribution in [0.1, 0.15) is 18.4 Å². The van der Waals surface area contributed by atoms with Gasteiger partial charge in [-0.2, -0.15) is 5.10 Å². The predicted octanol–water partition coefficient (Wildman–Crippen LogP) is 0.992. The minimum atomic E-state index is 0.0427. The van der Waals surface area contributed by atoms with Crippen LogP contribution in [0.15, 0.2) is 25.0 Å². The van der Waals surface area contributed by atoms with Crippen molar-refractivity contribution in [2.45, 2.75) is 19.4 Å². The Morgan fingerprint density at radius 3 is 3.23 bits per heavy atom. The first-order valence-electron chi connectivity index (χ1n) is 4.18. The summed E-state index contributed by atoms with van der Waals surface area (Å²) in [4.78, 5) is 11.1. The summed E-state index contributed by atoms with van der Waals surface area (Å²) in [6, 6.07) is 0. The van der Waals surface area contributed by atoms with Crippen molar-refractivity contribution in [2.75, 3.05) is 0 Å². The van der Waals surface area contributed by atoms with Gasteiger partial charge in [0.1, 0.15) is 0 Å². The fourth-order valence-electron chi connectivity index (χ4n) is 0.896. The van der Waals surface area contributed by atoms with Gasteiger partial charge in [0.25, 0.3) is 0 Å². The van der Waals surface area contributed by atoms with Crippen molar-refractivity contribution in [1.29, 1.82) is 0 Å². The average molecular weight is 179 g/mol. The van der Waals surface area contributed by atoms with Crippen LogP contribution in [0, 0.1) is 0 Å². The number of H-pyrrole nitrogens is 1. The summed E-state index contributed by atoms with van der Waals surface area (Å²) < 4.78 is 0. The van der Waals surface area contributed by atoms with Gasteiger partial charge in [0.15, 0.2) is 0 Å². The van der Waals surface area contributed by atoms with Crippen molar-refractivity contribution >= 4 is 5.91 Å². The molecule has 4 nitrogen and oxygen atoms in total. The molecule has 0 fully saturated rings. The molecule has 1 amide bonds. The molecule has 1 aromatic rings. The third-order valence-corrected chi connectivity index (χ3v) is 1.62. The maximum Gasteiger partial charge on any atom is 0.220 e. The van der Waals surface area contributed by atoms with Crippen molar-refractivity contribution in [2.24, 2.45) is 0 Å². The number of rotatable bonds is 5. The van der Waals surface area contributed by atoms with Crippen LogP contribution in [0.4, 0.5) is 0 Å². The van der Waals surface area contributed by atoms with Gasteiger partial charge in [0.05, 0.1) is 6.20 Å². The molecule has 0 atom stereocenters. The molecule has 0 spiro atoms. The second kappa shape index (κ2) is 5.13. The number of carbonyl (C=O) groups excluding carboxylic acids is 1. The topological polar surface area (TPSA) is 57.8 Å². The van der Waals surface area contributed by atoms with Crippen LogP contribution in [0.5, 0.6) is 0 Å². The largest absolute Gasteiger partial charge is 0.352 e. The molecule has 1 heterocycles. The highest BCUT2D eigenvalue weighted by Gasteiger charge is 1.99. The van der Waals surface area contributed by atoms with E-state index in [9.17, 15) is 4.79 Å². The first-order chi connectivity index (χ1) is 6.33. The van der Waals surface area contributed by atoms with Crippen molar-refractivity contribution in [3.05, 3.63) is 30.6 Å². The van der Waals surface area contributed by atoms with Gasteiger partial charge in [-0.05, 0) is 6.42 Å². The van der Waals surface area contributed by atoms with Gasteiger partial charge in [0.2, 0.25) is 5.91 Å². The summed E-state index contributed by atoms with van der Waals surface area (Å²) in [5, 5.41) is 9.22. The third-order valence-electron chi connectivity index (χ3n) is 1.62. The Morgan fingerprint density at radius 2 is 2.62 bits per heavy atom. The second-order valence-corrected chi connectivity index (χ2v) is 2.71. The summed E-state index contributed by atoms with van der Waals surface area (Å²) in [5.74, 6) is 0.0427. The zero-order valence-corrected chi connectivity index (χ0v) is 7.42. The Kier molecular flexibility index (Phi) is 3.75. The Hall–Kier alpha value is -1.58. The number of aromatic amines is 1.